The Labute approximate surface area is 170 Å². The Balaban J connectivity index is 1.84. The summed E-state index contributed by atoms with van der Waals surface area (Å²) in [6, 6.07) is 8.84. The van der Waals surface area contributed by atoms with Crippen LogP contribution in [0.2, 0.25) is 0 Å². The first kappa shape index (κ1) is 20.9. The van der Waals surface area contributed by atoms with E-state index in [1.165, 1.54) is 38.5 Å². The van der Waals surface area contributed by atoms with Crippen LogP contribution in [0.1, 0.15) is 90.9 Å². The summed E-state index contributed by atoms with van der Waals surface area (Å²) in [6.45, 7) is 3.88. The van der Waals surface area contributed by atoms with Crippen LogP contribution in [0.4, 0.5) is 11.4 Å². The minimum Gasteiger partial charge on any atom is -0.309 e. The molecule has 4 heteroatoms. The van der Waals surface area contributed by atoms with Crippen LogP contribution in [-0.2, 0) is 9.59 Å². The molecule has 0 atom stereocenters. The van der Waals surface area contributed by atoms with Gasteiger partial charge in [-0.05, 0) is 49.9 Å². The molecule has 0 bridgehead atoms. The van der Waals surface area contributed by atoms with Crippen LogP contribution >= 0.6 is 0 Å². The summed E-state index contributed by atoms with van der Waals surface area (Å²) < 4.78 is 0. The molecule has 2 aliphatic carbocycles. The molecule has 0 spiro atoms. The van der Waals surface area contributed by atoms with Gasteiger partial charge in [0.1, 0.15) is 0 Å². The van der Waals surface area contributed by atoms with Crippen LogP contribution in [0.3, 0.4) is 0 Å². The Morgan fingerprint density at radius 1 is 0.679 bits per heavy atom. The second kappa shape index (κ2) is 10.1. The molecule has 28 heavy (non-hydrogen) atoms. The zero-order valence-corrected chi connectivity index (χ0v) is 17.7. The van der Waals surface area contributed by atoms with E-state index in [2.05, 4.69) is 24.3 Å². The first-order valence-corrected chi connectivity index (χ1v) is 11.4. The third-order valence-corrected chi connectivity index (χ3v) is 6.43. The highest BCUT2D eigenvalue weighted by Crippen LogP contribution is 2.32. The molecule has 0 heterocycles. The van der Waals surface area contributed by atoms with Crippen molar-refractivity contribution in [2.75, 3.05) is 9.80 Å². The zero-order valence-electron chi connectivity index (χ0n) is 17.7. The molecule has 0 unspecified atom stereocenters. The molecule has 2 amide bonds. The first-order valence-electron chi connectivity index (χ1n) is 11.4. The standard InChI is InChI=1S/C24H36N2O2/c1-3-23(27)25(19-11-7-5-8-12-19)21-15-17-22(18-16-21)26(24(28)4-2)20-13-9-6-10-14-20/h15-20H,3-14H2,1-2H3. The molecule has 0 saturated heterocycles. The largest absolute Gasteiger partial charge is 0.309 e. The van der Waals surface area contributed by atoms with Gasteiger partial charge in [-0.1, -0.05) is 52.4 Å². The quantitative estimate of drug-likeness (QED) is 0.618. The highest BCUT2D eigenvalue weighted by molar-refractivity contribution is 5.96. The highest BCUT2D eigenvalue weighted by Gasteiger charge is 2.28. The molecule has 3 rings (SSSR count). The SMILES string of the molecule is CCC(=O)N(c1ccc(N(C(=O)CC)C2CCCCC2)cc1)C1CCCCC1. The van der Waals surface area contributed by atoms with Crippen molar-refractivity contribution in [2.24, 2.45) is 0 Å². The zero-order chi connectivity index (χ0) is 19.9. The van der Waals surface area contributed by atoms with E-state index in [0.717, 1.165) is 37.1 Å². The topological polar surface area (TPSA) is 40.6 Å². The molecule has 0 aliphatic heterocycles. The fraction of sp³-hybridized carbons (Fsp3) is 0.667. The maximum Gasteiger partial charge on any atom is 0.226 e. The number of hydrogen-bond donors (Lipinski definition) is 0. The lowest BCUT2D eigenvalue weighted by atomic mass is 9.93. The van der Waals surface area contributed by atoms with Gasteiger partial charge in [0.2, 0.25) is 11.8 Å². The number of rotatable bonds is 6. The van der Waals surface area contributed by atoms with Crippen molar-refractivity contribution in [3.63, 3.8) is 0 Å². The molecule has 154 valence electrons. The smallest absolute Gasteiger partial charge is 0.226 e. The third-order valence-electron chi connectivity index (χ3n) is 6.43. The van der Waals surface area contributed by atoms with E-state index in [-0.39, 0.29) is 11.8 Å². The summed E-state index contributed by atoms with van der Waals surface area (Å²) in [7, 11) is 0. The van der Waals surface area contributed by atoms with Crippen molar-refractivity contribution in [1.29, 1.82) is 0 Å². The second-order valence-corrected chi connectivity index (χ2v) is 8.33. The summed E-state index contributed by atoms with van der Waals surface area (Å²) in [4.78, 5) is 29.4. The van der Waals surface area contributed by atoms with Crippen LogP contribution in [-0.4, -0.2) is 23.9 Å². The van der Waals surface area contributed by atoms with E-state index >= 15 is 0 Å². The average Bonchev–Trinajstić information content (AvgIpc) is 2.76. The molecule has 2 fully saturated rings. The highest BCUT2D eigenvalue weighted by atomic mass is 16.2. The van der Waals surface area contributed by atoms with Crippen molar-refractivity contribution in [3.8, 4) is 0 Å². The molecule has 1 aromatic rings. The molecule has 4 nitrogen and oxygen atoms in total. The van der Waals surface area contributed by atoms with E-state index in [1.807, 2.05) is 23.6 Å². The van der Waals surface area contributed by atoms with Gasteiger partial charge in [-0.15, -0.1) is 0 Å². The molecule has 0 aromatic heterocycles. The van der Waals surface area contributed by atoms with Gasteiger partial charge in [0.15, 0.2) is 0 Å². The maximum atomic E-state index is 12.7. The third kappa shape index (κ3) is 4.76. The van der Waals surface area contributed by atoms with Gasteiger partial charge in [0, 0.05) is 36.3 Å². The van der Waals surface area contributed by atoms with E-state index in [0.29, 0.717) is 24.9 Å². The van der Waals surface area contributed by atoms with Crippen molar-refractivity contribution in [3.05, 3.63) is 24.3 Å². The van der Waals surface area contributed by atoms with Crippen LogP contribution in [0.15, 0.2) is 24.3 Å². The molecular weight excluding hydrogens is 348 g/mol. The fourth-order valence-corrected chi connectivity index (χ4v) is 4.91. The lowest BCUT2D eigenvalue weighted by Crippen LogP contribution is -2.42. The number of carbonyl (C=O) groups is 2. The second-order valence-electron chi connectivity index (χ2n) is 8.33. The van der Waals surface area contributed by atoms with Gasteiger partial charge in [0.25, 0.3) is 0 Å². The summed E-state index contributed by atoms with van der Waals surface area (Å²) in [5.41, 5.74) is 1.96. The number of anilines is 2. The van der Waals surface area contributed by atoms with Crippen LogP contribution in [0, 0.1) is 0 Å². The summed E-state index contributed by atoms with van der Waals surface area (Å²) in [5.74, 6) is 0.404. The minimum absolute atomic E-state index is 0.202. The monoisotopic (exact) mass is 384 g/mol. The number of amides is 2. The van der Waals surface area contributed by atoms with Crippen LogP contribution in [0.5, 0.6) is 0 Å². The Bertz CT molecular complexity index is 586. The van der Waals surface area contributed by atoms with Gasteiger partial charge >= 0.3 is 0 Å². The summed E-state index contributed by atoms with van der Waals surface area (Å²) in [6.07, 6.45) is 12.8. The van der Waals surface area contributed by atoms with Gasteiger partial charge in [-0.25, -0.2) is 0 Å². The summed E-state index contributed by atoms with van der Waals surface area (Å²) >= 11 is 0. The van der Waals surface area contributed by atoms with Gasteiger partial charge in [-0.3, -0.25) is 9.59 Å². The van der Waals surface area contributed by atoms with Crippen molar-refractivity contribution < 1.29 is 9.59 Å². The molecular formula is C24H36N2O2. The molecule has 0 radical (unpaired) electrons. The molecule has 1 aromatic carbocycles. The fourth-order valence-electron chi connectivity index (χ4n) is 4.91. The lowest BCUT2D eigenvalue weighted by Gasteiger charge is -2.36. The number of benzene rings is 1. The predicted octanol–water partition coefficient (Wildman–Crippen LogP) is 5.84. The molecule has 0 N–H and O–H groups in total. The average molecular weight is 385 g/mol. The Kier molecular flexibility index (Phi) is 7.52. The van der Waals surface area contributed by atoms with Gasteiger partial charge < -0.3 is 9.80 Å². The van der Waals surface area contributed by atoms with E-state index in [4.69, 9.17) is 0 Å². The molecule has 2 aliphatic rings. The van der Waals surface area contributed by atoms with Crippen molar-refractivity contribution in [1.82, 2.24) is 0 Å². The van der Waals surface area contributed by atoms with E-state index < -0.39 is 0 Å². The van der Waals surface area contributed by atoms with E-state index in [1.54, 1.807) is 0 Å². The normalized spacial score (nSPS) is 18.6. The lowest BCUT2D eigenvalue weighted by molar-refractivity contribution is -0.119. The minimum atomic E-state index is 0.202. The van der Waals surface area contributed by atoms with Crippen LogP contribution in [0.25, 0.3) is 0 Å². The Morgan fingerprint density at radius 3 is 1.29 bits per heavy atom. The number of hydrogen-bond acceptors (Lipinski definition) is 2. The van der Waals surface area contributed by atoms with E-state index in [9.17, 15) is 9.59 Å². The van der Waals surface area contributed by atoms with Crippen LogP contribution < -0.4 is 9.80 Å². The van der Waals surface area contributed by atoms with Crippen molar-refractivity contribution in [2.45, 2.75) is 103 Å². The summed E-state index contributed by atoms with van der Waals surface area (Å²) in [5, 5.41) is 0. The number of carbonyl (C=O) groups excluding carboxylic acids is 2. The maximum absolute atomic E-state index is 12.7. The van der Waals surface area contributed by atoms with Crippen molar-refractivity contribution >= 4 is 23.2 Å². The Morgan fingerprint density at radius 2 is 1.00 bits per heavy atom. The first-order chi connectivity index (χ1) is 13.7. The van der Waals surface area contributed by atoms with Gasteiger partial charge in [0.05, 0.1) is 0 Å². The Hall–Kier alpha value is -1.84. The van der Waals surface area contributed by atoms with Gasteiger partial charge in [-0.2, -0.15) is 0 Å². The predicted molar refractivity (Wildman–Crippen MR) is 116 cm³/mol. The number of nitrogens with zero attached hydrogens (tertiary/aromatic N) is 2. The molecule has 2 saturated carbocycles.